The number of aryl methyl sites for hydroxylation is 1. The molecule has 66 heavy (non-hydrogen) atoms. The Morgan fingerprint density at radius 2 is 1.03 bits per heavy atom. The second-order valence-electron chi connectivity index (χ2n) is 24.0. The molecule has 1 atom stereocenters. The van der Waals surface area contributed by atoms with Crippen LogP contribution in [-0.2, 0) is 27.1 Å². The zero-order chi connectivity index (χ0) is 46.0. The SMILES string of the molecule is Cc1ccc(-c2ccccc2)cc1N1c2cc3c(cc2C2c4cc5c(cc4N(c4cccc6sc7ccccc7c46)c4cc(C(C)(C)C)cc1c42)C(C)(C)CCC5(C)C)C(C)(C)CC3(C)C. The van der Waals surface area contributed by atoms with Gasteiger partial charge in [-0.3, -0.25) is 0 Å². The standard InChI is InChI=1S/C63H64N2S/c1-37-25-26-39(38-19-14-13-15-20-38)29-49(37)65-51-35-47-45(62(9,10)36-63(47,11)12)33-43(51)56-42-32-44-46(61(7,8)28-27-60(44,5)6)34-50(42)64(52-30-40(59(2,3)4)31-53(65)58(52)56)48-22-18-24-55-57(48)41-21-16-17-23-54(41)66-55/h13-26,29-35,56H,27-28,36H2,1-12H3. The van der Waals surface area contributed by atoms with Crippen LogP contribution in [0.4, 0.5) is 34.1 Å². The van der Waals surface area contributed by atoms with Crippen molar-refractivity contribution in [3.8, 4) is 11.1 Å². The zero-order valence-electron chi connectivity index (χ0n) is 41.1. The zero-order valence-corrected chi connectivity index (χ0v) is 41.9. The van der Waals surface area contributed by atoms with Gasteiger partial charge in [-0.25, -0.2) is 0 Å². The Morgan fingerprint density at radius 1 is 0.485 bits per heavy atom. The number of nitrogens with zero attached hydrogens (tertiary/aromatic N) is 2. The van der Waals surface area contributed by atoms with E-state index in [4.69, 9.17) is 0 Å². The van der Waals surface area contributed by atoms with Crippen molar-refractivity contribution in [2.24, 2.45) is 0 Å². The average molecular weight is 881 g/mol. The highest BCUT2D eigenvalue weighted by atomic mass is 32.1. The lowest BCUT2D eigenvalue weighted by Crippen LogP contribution is -2.36. The molecule has 332 valence electrons. The summed E-state index contributed by atoms with van der Waals surface area (Å²) in [6.07, 6.45) is 3.47. The minimum absolute atomic E-state index is 0.0357. The molecule has 2 nitrogen and oxygen atoms in total. The fraction of sp³-hybridized carbons (Fsp3) is 0.333. The van der Waals surface area contributed by atoms with E-state index in [1.54, 1.807) is 0 Å². The van der Waals surface area contributed by atoms with Crippen LogP contribution in [0.25, 0.3) is 31.3 Å². The number of rotatable bonds is 3. The van der Waals surface area contributed by atoms with Crippen LogP contribution in [-0.4, -0.2) is 0 Å². The topological polar surface area (TPSA) is 6.48 Å². The average Bonchev–Trinajstić information content (AvgIpc) is 3.74. The predicted molar refractivity (Wildman–Crippen MR) is 284 cm³/mol. The maximum atomic E-state index is 2.73. The smallest absolute Gasteiger partial charge is 0.0555 e. The molecular formula is C63H64N2S. The van der Waals surface area contributed by atoms with Crippen molar-refractivity contribution in [1.82, 2.24) is 0 Å². The van der Waals surface area contributed by atoms with Crippen molar-refractivity contribution in [3.05, 3.63) is 177 Å². The summed E-state index contributed by atoms with van der Waals surface area (Å²) < 4.78 is 2.67. The first-order valence-corrected chi connectivity index (χ1v) is 25.3. The predicted octanol–water partition coefficient (Wildman–Crippen LogP) is 18.4. The molecule has 7 aromatic carbocycles. The molecule has 0 saturated heterocycles. The number of fused-ring (bicyclic) bond motifs is 9. The maximum absolute atomic E-state index is 2.73. The van der Waals surface area contributed by atoms with Gasteiger partial charge >= 0.3 is 0 Å². The van der Waals surface area contributed by atoms with E-state index in [0.717, 1.165) is 6.42 Å². The lowest BCUT2D eigenvalue weighted by atomic mass is 9.61. The molecule has 1 unspecified atom stereocenters. The van der Waals surface area contributed by atoms with Crippen LogP contribution in [0, 0.1) is 6.92 Å². The third-order valence-electron chi connectivity index (χ3n) is 16.6. The van der Waals surface area contributed by atoms with Crippen LogP contribution in [0.5, 0.6) is 0 Å². The van der Waals surface area contributed by atoms with Crippen LogP contribution >= 0.6 is 11.3 Å². The van der Waals surface area contributed by atoms with E-state index in [1.165, 1.54) is 128 Å². The summed E-state index contributed by atoms with van der Waals surface area (Å²) in [5.74, 6) is 0.0357. The highest BCUT2D eigenvalue weighted by Gasteiger charge is 2.49. The van der Waals surface area contributed by atoms with Gasteiger partial charge in [0.15, 0.2) is 0 Å². The summed E-state index contributed by atoms with van der Waals surface area (Å²) in [4.78, 5) is 5.44. The van der Waals surface area contributed by atoms with Crippen LogP contribution in [0.15, 0.2) is 127 Å². The van der Waals surface area contributed by atoms with Crippen molar-refractivity contribution in [2.45, 2.75) is 135 Å². The third kappa shape index (κ3) is 5.97. The number of hydrogen-bond donors (Lipinski definition) is 0. The van der Waals surface area contributed by atoms with Crippen LogP contribution in [0.3, 0.4) is 0 Å². The van der Waals surface area contributed by atoms with Crippen LogP contribution in [0.1, 0.15) is 151 Å². The Labute approximate surface area is 397 Å². The molecule has 2 aliphatic heterocycles. The van der Waals surface area contributed by atoms with Gasteiger partial charge in [0, 0.05) is 37.3 Å². The molecule has 4 aliphatic rings. The largest absolute Gasteiger partial charge is 0.309 e. The monoisotopic (exact) mass is 880 g/mol. The molecule has 0 spiro atoms. The molecule has 2 aliphatic carbocycles. The van der Waals surface area contributed by atoms with E-state index in [2.05, 4.69) is 220 Å². The van der Waals surface area contributed by atoms with E-state index >= 15 is 0 Å². The van der Waals surface area contributed by atoms with E-state index < -0.39 is 0 Å². The molecule has 12 rings (SSSR count). The third-order valence-corrected chi connectivity index (χ3v) is 17.7. The van der Waals surface area contributed by atoms with Crippen molar-refractivity contribution in [1.29, 1.82) is 0 Å². The maximum Gasteiger partial charge on any atom is 0.0555 e. The summed E-state index contributed by atoms with van der Waals surface area (Å²) in [6.45, 7) is 29.4. The molecule has 0 bridgehead atoms. The van der Waals surface area contributed by atoms with Gasteiger partial charge in [0.1, 0.15) is 0 Å². The quantitative estimate of drug-likeness (QED) is 0.174. The Morgan fingerprint density at radius 3 is 1.67 bits per heavy atom. The van der Waals surface area contributed by atoms with Crippen molar-refractivity contribution in [2.75, 3.05) is 9.80 Å². The van der Waals surface area contributed by atoms with E-state index in [1.807, 2.05) is 11.3 Å². The highest BCUT2D eigenvalue weighted by molar-refractivity contribution is 7.26. The van der Waals surface area contributed by atoms with Gasteiger partial charge in [0.2, 0.25) is 0 Å². The summed E-state index contributed by atoms with van der Waals surface area (Å²) in [7, 11) is 0. The first kappa shape index (κ1) is 41.8. The van der Waals surface area contributed by atoms with Gasteiger partial charge < -0.3 is 9.80 Å². The molecular weight excluding hydrogens is 817 g/mol. The van der Waals surface area contributed by atoms with Crippen molar-refractivity contribution in [3.63, 3.8) is 0 Å². The van der Waals surface area contributed by atoms with Gasteiger partial charge in [-0.15, -0.1) is 11.3 Å². The molecule has 8 aromatic rings. The van der Waals surface area contributed by atoms with Gasteiger partial charge in [-0.2, -0.15) is 0 Å². The van der Waals surface area contributed by atoms with Gasteiger partial charge in [-0.1, -0.05) is 155 Å². The minimum Gasteiger partial charge on any atom is -0.309 e. The molecule has 1 aromatic heterocycles. The minimum atomic E-state index is -0.118. The van der Waals surface area contributed by atoms with Gasteiger partial charge in [-0.05, 0) is 157 Å². The summed E-state index contributed by atoms with van der Waals surface area (Å²) in [5, 5.41) is 2.67. The van der Waals surface area contributed by atoms with E-state index in [-0.39, 0.29) is 33.0 Å². The van der Waals surface area contributed by atoms with Crippen LogP contribution in [0.2, 0.25) is 0 Å². The van der Waals surface area contributed by atoms with Gasteiger partial charge in [0.25, 0.3) is 0 Å². The number of hydrogen-bond acceptors (Lipinski definition) is 3. The molecule has 0 N–H and O–H groups in total. The fourth-order valence-corrected chi connectivity index (χ4v) is 14.2. The lowest BCUT2D eigenvalue weighted by Gasteiger charge is -2.49. The normalized spacial score (nSPS) is 19.3. The second kappa shape index (κ2) is 13.7. The Balaban J connectivity index is 1.27. The first-order valence-electron chi connectivity index (χ1n) is 24.5. The Hall–Kier alpha value is -5.64. The molecule has 0 amide bonds. The lowest BCUT2D eigenvalue weighted by molar-refractivity contribution is 0.331. The van der Waals surface area contributed by atoms with Crippen molar-refractivity contribution < 1.29 is 0 Å². The van der Waals surface area contributed by atoms with E-state index in [0.29, 0.717) is 0 Å². The van der Waals surface area contributed by atoms with Gasteiger partial charge in [0.05, 0.1) is 28.4 Å². The number of benzene rings is 7. The second-order valence-corrected chi connectivity index (χ2v) is 25.1. The van der Waals surface area contributed by atoms with E-state index in [9.17, 15) is 0 Å². The van der Waals surface area contributed by atoms with Crippen LogP contribution < -0.4 is 9.80 Å². The Kier molecular flexibility index (Phi) is 8.69. The fourth-order valence-electron chi connectivity index (χ4n) is 13.1. The molecule has 3 heteroatoms. The Bertz CT molecular complexity index is 3350. The summed E-state index contributed by atoms with van der Waals surface area (Å²) in [5.41, 5.74) is 23.2. The summed E-state index contributed by atoms with van der Waals surface area (Å²) >= 11 is 1.92. The summed E-state index contributed by atoms with van der Waals surface area (Å²) in [6, 6.07) is 50.1. The highest BCUT2D eigenvalue weighted by Crippen LogP contribution is 2.65. The van der Waals surface area contributed by atoms with Crippen molar-refractivity contribution >= 4 is 65.6 Å². The molecule has 0 saturated carbocycles. The first-order chi connectivity index (χ1) is 31.2. The number of thiophene rings is 1. The molecule has 0 radical (unpaired) electrons. The number of anilines is 6. The molecule has 0 fully saturated rings. The molecule has 3 heterocycles.